The van der Waals surface area contributed by atoms with Crippen molar-refractivity contribution in [3.63, 3.8) is 0 Å². The Morgan fingerprint density at radius 2 is 1.96 bits per heavy atom. The second-order valence-corrected chi connectivity index (χ2v) is 4.98. The van der Waals surface area contributed by atoms with Gasteiger partial charge in [0.05, 0.1) is 19.3 Å². The highest BCUT2D eigenvalue weighted by Crippen LogP contribution is 2.12. The fourth-order valence-electron chi connectivity index (χ4n) is 2.00. The Labute approximate surface area is 134 Å². The SMILES string of the molecule is COc1cccc(CNC(=O)c2ccnc(CNC(C)=O)c2)c1. The molecule has 1 aromatic carbocycles. The van der Waals surface area contributed by atoms with E-state index in [1.54, 1.807) is 25.4 Å². The first-order valence-electron chi connectivity index (χ1n) is 7.19. The van der Waals surface area contributed by atoms with E-state index in [0.29, 0.717) is 24.3 Å². The molecule has 1 aromatic heterocycles. The number of pyridine rings is 1. The van der Waals surface area contributed by atoms with Gasteiger partial charge in [0.2, 0.25) is 5.91 Å². The maximum Gasteiger partial charge on any atom is 0.251 e. The number of hydrogen-bond donors (Lipinski definition) is 2. The molecule has 0 fully saturated rings. The molecule has 0 bridgehead atoms. The van der Waals surface area contributed by atoms with Gasteiger partial charge in [-0.1, -0.05) is 12.1 Å². The van der Waals surface area contributed by atoms with Crippen molar-refractivity contribution < 1.29 is 14.3 Å². The van der Waals surface area contributed by atoms with Gasteiger partial charge < -0.3 is 15.4 Å². The van der Waals surface area contributed by atoms with E-state index in [4.69, 9.17) is 4.74 Å². The Kier molecular flexibility index (Phi) is 5.68. The van der Waals surface area contributed by atoms with Gasteiger partial charge in [-0.05, 0) is 29.8 Å². The predicted molar refractivity (Wildman–Crippen MR) is 85.9 cm³/mol. The van der Waals surface area contributed by atoms with Crippen LogP contribution in [0.15, 0.2) is 42.6 Å². The second-order valence-electron chi connectivity index (χ2n) is 4.98. The number of nitrogens with zero attached hydrogens (tertiary/aromatic N) is 1. The van der Waals surface area contributed by atoms with Crippen LogP contribution in [0.5, 0.6) is 5.75 Å². The third-order valence-corrected chi connectivity index (χ3v) is 3.18. The molecular weight excluding hydrogens is 294 g/mol. The average molecular weight is 313 g/mol. The van der Waals surface area contributed by atoms with Crippen molar-refractivity contribution in [2.24, 2.45) is 0 Å². The summed E-state index contributed by atoms with van der Waals surface area (Å²) in [6, 6.07) is 10.8. The zero-order valence-electron chi connectivity index (χ0n) is 13.1. The van der Waals surface area contributed by atoms with E-state index in [1.807, 2.05) is 24.3 Å². The van der Waals surface area contributed by atoms with Crippen molar-refractivity contribution >= 4 is 11.8 Å². The van der Waals surface area contributed by atoms with Crippen molar-refractivity contribution in [1.29, 1.82) is 0 Å². The Bertz CT molecular complexity index is 701. The lowest BCUT2D eigenvalue weighted by Crippen LogP contribution is -2.24. The Morgan fingerprint density at radius 3 is 2.70 bits per heavy atom. The van der Waals surface area contributed by atoms with Crippen LogP contribution in [0.4, 0.5) is 0 Å². The lowest BCUT2D eigenvalue weighted by atomic mass is 10.2. The summed E-state index contributed by atoms with van der Waals surface area (Å²) in [4.78, 5) is 27.2. The van der Waals surface area contributed by atoms with Crippen molar-refractivity contribution in [2.75, 3.05) is 7.11 Å². The van der Waals surface area contributed by atoms with Gasteiger partial charge in [0, 0.05) is 25.2 Å². The van der Waals surface area contributed by atoms with Crippen molar-refractivity contribution in [3.05, 3.63) is 59.4 Å². The third kappa shape index (κ3) is 5.10. The van der Waals surface area contributed by atoms with Crippen LogP contribution in [-0.4, -0.2) is 23.9 Å². The Morgan fingerprint density at radius 1 is 1.13 bits per heavy atom. The van der Waals surface area contributed by atoms with Gasteiger partial charge in [0.1, 0.15) is 5.75 Å². The molecule has 120 valence electrons. The normalized spacial score (nSPS) is 10.0. The van der Waals surface area contributed by atoms with Crippen LogP contribution >= 0.6 is 0 Å². The molecular formula is C17H19N3O3. The molecule has 2 amide bonds. The van der Waals surface area contributed by atoms with Crippen LogP contribution in [0, 0.1) is 0 Å². The first kappa shape index (κ1) is 16.5. The first-order valence-corrected chi connectivity index (χ1v) is 7.19. The number of methoxy groups -OCH3 is 1. The molecule has 0 radical (unpaired) electrons. The van der Waals surface area contributed by atoms with Crippen molar-refractivity contribution in [3.8, 4) is 5.75 Å². The van der Waals surface area contributed by atoms with Crippen molar-refractivity contribution in [2.45, 2.75) is 20.0 Å². The molecule has 0 atom stereocenters. The number of nitrogens with one attached hydrogen (secondary N) is 2. The highest BCUT2D eigenvalue weighted by Gasteiger charge is 2.07. The summed E-state index contributed by atoms with van der Waals surface area (Å²) in [5, 5.41) is 5.50. The van der Waals surface area contributed by atoms with Crippen LogP contribution in [0.3, 0.4) is 0 Å². The quantitative estimate of drug-likeness (QED) is 0.850. The molecule has 0 aliphatic carbocycles. The topological polar surface area (TPSA) is 80.3 Å². The van der Waals surface area contributed by atoms with E-state index in [1.165, 1.54) is 6.92 Å². The number of amides is 2. The van der Waals surface area contributed by atoms with Gasteiger partial charge >= 0.3 is 0 Å². The van der Waals surface area contributed by atoms with Gasteiger partial charge in [-0.2, -0.15) is 0 Å². The van der Waals surface area contributed by atoms with E-state index in [2.05, 4.69) is 15.6 Å². The van der Waals surface area contributed by atoms with Crippen LogP contribution < -0.4 is 15.4 Å². The van der Waals surface area contributed by atoms with E-state index in [0.717, 1.165) is 11.3 Å². The molecule has 2 N–H and O–H groups in total. The summed E-state index contributed by atoms with van der Waals surface area (Å²) in [5.41, 5.74) is 2.09. The summed E-state index contributed by atoms with van der Waals surface area (Å²) in [6.07, 6.45) is 1.55. The zero-order chi connectivity index (χ0) is 16.7. The van der Waals surface area contributed by atoms with Gasteiger partial charge in [-0.25, -0.2) is 0 Å². The molecule has 6 nitrogen and oxygen atoms in total. The minimum atomic E-state index is -0.195. The lowest BCUT2D eigenvalue weighted by molar-refractivity contribution is -0.119. The number of aromatic nitrogens is 1. The molecule has 2 aromatic rings. The van der Waals surface area contributed by atoms with Crippen LogP contribution in [0.25, 0.3) is 0 Å². The number of carbonyl (C=O) groups is 2. The largest absolute Gasteiger partial charge is 0.497 e. The van der Waals surface area contributed by atoms with Crippen LogP contribution in [-0.2, 0) is 17.9 Å². The van der Waals surface area contributed by atoms with Gasteiger partial charge in [0.25, 0.3) is 5.91 Å². The highest BCUT2D eigenvalue weighted by molar-refractivity contribution is 5.94. The molecule has 2 rings (SSSR count). The van der Waals surface area contributed by atoms with E-state index >= 15 is 0 Å². The standard InChI is InChI=1S/C17H19N3O3/c1-12(21)19-11-15-9-14(6-7-18-15)17(22)20-10-13-4-3-5-16(8-13)23-2/h3-9H,10-11H2,1-2H3,(H,19,21)(H,20,22). The molecule has 0 saturated heterocycles. The zero-order valence-corrected chi connectivity index (χ0v) is 13.1. The van der Waals surface area contributed by atoms with Gasteiger partial charge in [0.15, 0.2) is 0 Å². The first-order chi connectivity index (χ1) is 11.1. The van der Waals surface area contributed by atoms with Crippen LogP contribution in [0.2, 0.25) is 0 Å². The molecule has 0 aliphatic rings. The monoisotopic (exact) mass is 313 g/mol. The lowest BCUT2D eigenvalue weighted by Gasteiger charge is -2.08. The Balaban J connectivity index is 1.97. The van der Waals surface area contributed by atoms with Crippen molar-refractivity contribution in [1.82, 2.24) is 15.6 Å². The summed E-state index contributed by atoms with van der Waals surface area (Å²) >= 11 is 0. The summed E-state index contributed by atoms with van der Waals surface area (Å²) in [5.74, 6) is 0.414. The van der Waals surface area contributed by atoms with E-state index in [-0.39, 0.29) is 11.8 Å². The minimum absolute atomic E-state index is 0.139. The molecule has 6 heteroatoms. The number of hydrogen-bond acceptors (Lipinski definition) is 4. The number of benzene rings is 1. The summed E-state index contributed by atoms with van der Waals surface area (Å²) < 4.78 is 5.15. The number of rotatable bonds is 6. The molecule has 1 heterocycles. The maximum atomic E-state index is 12.2. The Hall–Kier alpha value is -2.89. The second kappa shape index (κ2) is 7.93. The molecule has 23 heavy (non-hydrogen) atoms. The molecule has 0 saturated carbocycles. The maximum absolute atomic E-state index is 12.2. The smallest absolute Gasteiger partial charge is 0.251 e. The molecule has 0 aliphatic heterocycles. The summed E-state index contributed by atoms with van der Waals surface area (Å²) in [6.45, 7) is 2.14. The van der Waals surface area contributed by atoms with Gasteiger partial charge in [-0.3, -0.25) is 14.6 Å². The van der Waals surface area contributed by atoms with E-state index < -0.39 is 0 Å². The average Bonchev–Trinajstić information content (AvgIpc) is 2.58. The highest BCUT2D eigenvalue weighted by atomic mass is 16.5. The fraction of sp³-hybridized carbons (Fsp3) is 0.235. The molecule has 0 unspecified atom stereocenters. The minimum Gasteiger partial charge on any atom is -0.497 e. The third-order valence-electron chi connectivity index (χ3n) is 3.18. The summed E-state index contributed by atoms with van der Waals surface area (Å²) in [7, 11) is 1.60. The van der Waals surface area contributed by atoms with Gasteiger partial charge in [-0.15, -0.1) is 0 Å². The predicted octanol–water partition coefficient (Wildman–Crippen LogP) is 1.66. The van der Waals surface area contributed by atoms with Crippen LogP contribution in [0.1, 0.15) is 28.5 Å². The fourth-order valence-corrected chi connectivity index (χ4v) is 2.00. The number of ether oxygens (including phenoxy) is 1. The molecule has 0 spiro atoms. The van der Waals surface area contributed by atoms with E-state index in [9.17, 15) is 9.59 Å². The number of carbonyl (C=O) groups excluding carboxylic acids is 2.